The van der Waals surface area contributed by atoms with Crippen LogP contribution in [0.25, 0.3) is 5.82 Å². The van der Waals surface area contributed by atoms with Crippen LogP contribution in [-0.2, 0) is 6.42 Å². The van der Waals surface area contributed by atoms with E-state index < -0.39 is 18.4 Å². The highest BCUT2D eigenvalue weighted by atomic mass is 35.5. The van der Waals surface area contributed by atoms with E-state index in [2.05, 4.69) is 14.8 Å². The molecule has 3 heterocycles. The first-order valence-electron chi connectivity index (χ1n) is 6.86. The number of fused-ring (bicyclic) bond motifs is 1. The van der Waals surface area contributed by atoms with Crippen LogP contribution >= 0.6 is 11.6 Å². The average Bonchev–Trinajstić information content (AvgIpc) is 2.89. The normalized spacial score (nSPS) is 14.0. The van der Waals surface area contributed by atoms with Crippen molar-refractivity contribution in [1.82, 2.24) is 19.7 Å². The number of likely N-dealkylation sites (N-methyl/N-ethyl adjacent to an activating group) is 1. The lowest BCUT2D eigenvalue weighted by atomic mass is 10.1. The van der Waals surface area contributed by atoms with Gasteiger partial charge in [0.1, 0.15) is 10.7 Å². The highest BCUT2D eigenvalue weighted by Gasteiger charge is 2.33. The molecule has 0 saturated heterocycles. The van der Waals surface area contributed by atoms with Crippen LogP contribution in [0.3, 0.4) is 0 Å². The van der Waals surface area contributed by atoms with Gasteiger partial charge in [-0.25, -0.2) is 9.67 Å². The van der Waals surface area contributed by atoms with Crippen LogP contribution in [0.4, 0.5) is 8.78 Å². The first-order chi connectivity index (χ1) is 11.4. The van der Waals surface area contributed by atoms with Crippen molar-refractivity contribution in [1.29, 1.82) is 0 Å². The van der Waals surface area contributed by atoms with E-state index in [0.717, 1.165) is 4.68 Å². The molecular formula is C14H11ClF2N4O3. The van der Waals surface area contributed by atoms with Gasteiger partial charge >= 0.3 is 6.61 Å². The first kappa shape index (κ1) is 16.3. The van der Waals surface area contributed by atoms with E-state index in [9.17, 15) is 18.4 Å². The lowest BCUT2D eigenvalue weighted by Crippen LogP contribution is -2.34. The van der Waals surface area contributed by atoms with Crippen molar-refractivity contribution in [3.8, 4) is 11.7 Å². The maximum absolute atomic E-state index is 12.6. The van der Waals surface area contributed by atoms with Gasteiger partial charge in [0.15, 0.2) is 12.1 Å². The van der Waals surface area contributed by atoms with E-state index in [1.54, 1.807) is 7.05 Å². The standard InChI is InChI=1S/C14H11ClF2N4O3/c1-20-5-4-8-10(13(20)23)12(24-14(16)17)19-21(8)11-7(6-22)2-3-9(15)18-11/h2-3,6,14H,4-5H2,1H3. The molecule has 0 unspecified atom stereocenters. The number of carbonyl (C=O) groups is 2. The molecule has 0 bridgehead atoms. The molecule has 7 nitrogen and oxygen atoms in total. The zero-order valence-electron chi connectivity index (χ0n) is 12.4. The quantitative estimate of drug-likeness (QED) is 0.618. The molecule has 0 radical (unpaired) electrons. The van der Waals surface area contributed by atoms with E-state index in [0.29, 0.717) is 24.9 Å². The van der Waals surface area contributed by atoms with Gasteiger partial charge in [-0.2, -0.15) is 8.78 Å². The van der Waals surface area contributed by atoms with Crippen molar-refractivity contribution < 1.29 is 23.1 Å². The number of ether oxygens (including phenoxy) is 1. The van der Waals surface area contributed by atoms with Crippen molar-refractivity contribution in [2.24, 2.45) is 0 Å². The van der Waals surface area contributed by atoms with Crippen LogP contribution in [0.15, 0.2) is 12.1 Å². The minimum atomic E-state index is -3.14. The number of aromatic nitrogens is 3. The van der Waals surface area contributed by atoms with E-state index in [-0.39, 0.29) is 22.1 Å². The molecule has 2 aromatic rings. The molecule has 1 amide bonds. The van der Waals surface area contributed by atoms with Crippen molar-refractivity contribution in [3.05, 3.63) is 34.1 Å². The maximum Gasteiger partial charge on any atom is 0.388 e. The number of pyridine rings is 1. The predicted octanol–water partition coefficient (Wildman–Crippen LogP) is 1.96. The Labute approximate surface area is 139 Å². The second-order valence-electron chi connectivity index (χ2n) is 5.06. The summed E-state index contributed by atoms with van der Waals surface area (Å²) in [5, 5.41) is 4.02. The summed E-state index contributed by atoms with van der Waals surface area (Å²) in [7, 11) is 1.54. The Kier molecular flexibility index (Phi) is 4.18. The summed E-state index contributed by atoms with van der Waals surface area (Å²) in [6.45, 7) is -2.78. The third-order valence-corrected chi connectivity index (χ3v) is 3.80. The second kappa shape index (κ2) is 6.16. The van der Waals surface area contributed by atoms with Gasteiger partial charge in [-0.15, -0.1) is 5.10 Å². The highest BCUT2D eigenvalue weighted by Crippen LogP contribution is 2.31. The zero-order chi connectivity index (χ0) is 17.4. The fourth-order valence-electron chi connectivity index (χ4n) is 2.48. The van der Waals surface area contributed by atoms with Crippen LogP contribution in [0.2, 0.25) is 5.15 Å². The minimum Gasteiger partial charge on any atom is -0.414 e. The number of carbonyl (C=O) groups excluding carboxylic acids is 2. The highest BCUT2D eigenvalue weighted by molar-refractivity contribution is 6.29. The third-order valence-electron chi connectivity index (χ3n) is 3.59. The van der Waals surface area contributed by atoms with Crippen molar-refractivity contribution in [3.63, 3.8) is 0 Å². The summed E-state index contributed by atoms with van der Waals surface area (Å²) in [5.74, 6) is -0.946. The number of rotatable bonds is 4. The molecule has 0 N–H and O–H groups in total. The minimum absolute atomic E-state index is 0.0511. The number of amides is 1. The number of halogens is 3. The monoisotopic (exact) mass is 356 g/mol. The first-order valence-corrected chi connectivity index (χ1v) is 7.24. The van der Waals surface area contributed by atoms with Crippen LogP contribution in [0.1, 0.15) is 26.4 Å². The third kappa shape index (κ3) is 2.71. The fraction of sp³-hybridized carbons (Fsp3) is 0.286. The Balaban J connectivity index is 2.23. The number of aldehydes is 1. The Hall–Kier alpha value is -2.55. The summed E-state index contributed by atoms with van der Waals surface area (Å²) < 4.78 is 30.8. The van der Waals surface area contributed by atoms with Crippen LogP contribution < -0.4 is 4.74 Å². The van der Waals surface area contributed by atoms with Gasteiger partial charge in [0.05, 0.1) is 11.3 Å². The van der Waals surface area contributed by atoms with Crippen LogP contribution in [-0.4, -0.2) is 52.1 Å². The molecule has 24 heavy (non-hydrogen) atoms. The molecule has 3 rings (SSSR count). The summed E-state index contributed by atoms with van der Waals surface area (Å²) >= 11 is 5.86. The number of hydrogen-bond donors (Lipinski definition) is 0. The topological polar surface area (TPSA) is 77.3 Å². The summed E-state index contributed by atoms with van der Waals surface area (Å²) in [4.78, 5) is 28.9. The molecule has 1 aliphatic heterocycles. The van der Waals surface area contributed by atoms with Gasteiger partial charge in [-0.05, 0) is 12.1 Å². The molecular weight excluding hydrogens is 346 g/mol. The Morgan fingerprint density at radius 3 is 2.83 bits per heavy atom. The Morgan fingerprint density at radius 1 is 1.42 bits per heavy atom. The summed E-state index contributed by atoms with van der Waals surface area (Å²) in [6.07, 6.45) is 0.876. The molecule has 1 aliphatic rings. The van der Waals surface area contributed by atoms with E-state index >= 15 is 0 Å². The van der Waals surface area contributed by atoms with Gasteiger partial charge in [0.2, 0.25) is 0 Å². The molecule has 10 heteroatoms. The fourth-order valence-corrected chi connectivity index (χ4v) is 2.63. The van der Waals surface area contributed by atoms with Gasteiger partial charge < -0.3 is 9.64 Å². The maximum atomic E-state index is 12.6. The summed E-state index contributed by atoms with van der Waals surface area (Å²) in [5.41, 5.74) is 0.425. The van der Waals surface area contributed by atoms with Gasteiger partial charge in [0, 0.05) is 20.0 Å². The van der Waals surface area contributed by atoms with Gasteiger partial charge in [-0.3, -0.25) is 9.59 Å². The molecule has 0 aromatic carbocycles. The van der Waals surface area contributed by atoms with E-state index in [1.807, 2.05) is 0 Å². The van der Waals surface area contributed by atoms with E-state index in [4.69, 9.17) is 11.6 Å². The van der Waals surface area contributed by atoms with Crippen molar-refractivity contribution in [2.75, 3.05) is 13.6 Å². The van der Waals surface area contributed by atoms with Crippen molar-refractivity contribution in [2.45, 2.75) is 13.0 Å². The summed E-state index contributed by atoms with van der Waals surface area (Å²) in [6, 6.07) is 2.84. The molecule has 0 spiro atoms. The van der Waals surface area contributed by atoms with E-state index in [1.165, 1.54) is 17.0 Å². The average molecular weight is 357 g/mol. The van der Waals surface area contributed by atoms with Crippen molar-refractivity contribution >= 4 is 23.8 Å². The number of nitrogens with zero attached hydrogens (tertiary/aromatic N) is 4. The molecule has 126 valence electrons. The SMILES string of the molecule is CN1CCc2c(c(OC(F)F)nn2-c2nc(Cl)ccc2C=O)C1=O. The lowest BCUT2D eigenvalue weighted by Gasteiger charge is -2.23. The molecule has 0 fully saturated rings. The van der Waals surface area contributed by atoms with Gasteiger partial charge in [0.25, 0.3) is 11.8 Å². The Morgan fingerprint density at radius 2 is 2.17 bits per heavy atom. The molecule has 2 aromatic heterocycles. The Bertz CT molecular complexity index is 825. The van der Waals surface area contributed by atoms with Crippen LogP contribution in [0, 0.1) is 0 Å². The van der Waals surface area contributed by atoms with Gasteiger partial charge in [-0.1, -0.05) is 11.6 Å². The molecule has 0 saturated carbocycles. The zero-order valence-corrected chi connectivity index (χ0v) is 13.1. The lowest BCUT2D eigenvalue weighted by molar-refractivity contribution is -0.0535. The number of hydrogen-bond acceptors (Lipinski definition) is 5. The number of alkyl halides is 2. The largest absolute Gasteiger partial charge is 0.414 e. The second-order valence-corrected chi connectivity index (χ2v) is 5.45. The molecule has 0 atom stereocenters. The smallest absolute Gasteiger partial charge is 0.388 e. The predicted molar refractivity (Wildman–Crippen MR) is 79.1 cm³/mol. The van der Waals surface area contributed by atoms with Crippen LogP contribution in [0.5, 0.6) is 5.88 Å². The molecule has 0 aliphatic carbocycles.